The summed E-state index contributed by atoms with van der Waals surface area (Å²) in [5, 5.41) is 0. The second-order valence-corrected chi connectivity index (χ2v) is 10.0. The van der Waals surface area contributed by atoms with Gasteiger partial charge in [0.15, 0.2) is 6.10 Å². The zero-order valence-electron chi connectivity index (χ0n) is 19.3. The lowest BCUT2D eigenvalue weighted by Gasteiger charge is -2.21. The Kier molecular flexibility index (Phi) is 7.19. The molecule has 1 amide bonds. The van der Waals surface area contributed by atoms with Crippen molar-refractivity contribution in [3.05, 3.63) is 54.4 Å². The molecule has 0 aliphatic rings. The summed E-state index contributed by atoms with van der Waals surface area (Å²) in [5.41, 5.74) is 1.99. The largest absolute Gasteiger partial charge is 0.453 e. The first kappa shape index (κ1) is 24.4. The Labute approximate surface area is 193 Å². The van der Waals surface area contributed by atoms with E-state index in [9.17, 15) is 18.0 Å². The van der Waals surface area contributed by atoms with Gasteiger partial charge in [-0.25, -0.2) is 17.7 Å². The third kappa shape index (κ3) is 5.23. The lowest BCUT2D eigenvalue weighted by molar-refractivity contribution is -0.153. The summed E-state index contributed by atoms with van der Waals surface area (Å²) in [7, 11) is 2.80. The fourth-order valence-electron chi connectivity index (χ4n) is 3.40. The summed E-state index contributed by atoms with van der Waals surface area (Å²) in [6.07, 6.45) is -0.607. The Bertz CT molecular complexity index is 1270. The van der Waals surface area contributed by atoms with Crippen molar-refractivity contribution in [1.29, 1.82) is 0 Å². The minimum atomic E-state index is -3.57. The number of benzene rings is 2. The van der Waals surface area contributed by atoms with Gasteiger partial charge in [-0.05, 0) is 37.3 Å². The van der Waals surface area contributed by atoms with Gasteiger partial charge in [-0.2, -0.15) is 0 Å². The van der Waals surface area contributed by atoms with E-state index in [-0.39, 0.29) is 23.6 Å². The summed E-state index contributed by atoms with van der Waals surface area (Å²) in [6.45, 7) is 1.54. The van der Waals surface area contributed by atoms with Crippen molar-refractivity contribution in [3.8, 4) is 0 Å². The number of ether oxygens (including phenoxy) is 1. The first-order valence-corrected chi connectivity index (χ1v) is 11.9. The zero-order chi connectivity index (χ0) is 24.3. The summed E-state index contributed by atoms with van der Waals surface area (Å²) in [6, 6.07) is 13.9. The number of esters is 1. The van der Waals surface area contributed by atoms with Gasteiger partial charge in [-0.15, -0.1) is 0 Å². The first-order valence-electron chi connectivity index (χ1n) is 10.4. The monoisotopic (exact) mass is 472 g/mol. The van der Waals surface area contributed by atoms with Crippen LogP contribution in [0.25, 0.3) is 11.0 Å². The number of nitrogens with zero attached hydrogens (tertiary/aromatic N) is 4. The molecule has 9 nitrogen and oxygen atoms in total. The van der Waals surface area contributed by atoms with Crippen LogP contribution in [0.4, 0.5) is 5.69 Å². The van der Waals surface area contributed by atoms with Crippen molar-refractivity contribution in [2.24, 2.45) is 7.05 Å². The van der Waals surface area contributed by atoms with Crippen LogP contribution in [0.5, 0.6) is 0 Å². The smallest absolute Gasteiger partial charge is 0.307 e. The van der Waals surface area contributed by atoms with E-state index in [2.05, 4.69) is 4.98 Å². The van der Waals surface area contributed by atoms with Gasteiger partial charge in [0.2, 0.25) is 10.0 Å². The second-order valence-electron chi connectivity index (χ2n) is 7.89. The van der Waals surface area contributed by atoms with Gasteiger partial charge in [-0.1, -0.05) is 18.2 Å². The Balaban J connectivity index is 1.65. The van der Waals surface area contributed by atoms with Crippen molar-refractivity contribution in [2.75, 3.05) is 26.0 Å². The van der Waals surface area contributed by atoms with Crippen molar-refractivity contribution >= 4 is 38.6 Å². The molecule has 3 aromatic rings. The fourth-order valence-corrected chi connectivity index (χ4v) is 4.32. The molecule has 1 atom stereocenters. The van der Waals surface area contributed by atoms with Crippen LogP contribution in [0.15, 0.2) is 53.4 Å². The Morgan fingerprint density at radius 2 is 1.76 bits per heavy atom. The molecule has 1 unspecified atom stereocenters. The molecule has 0 bridgehead atoms. The highest BCUT2D eigenvalue weighted by Gasteiger charge is 2.23. The maximum atomic E-state index is 12.6. The van der Waals surface area contributed by atoms with Crippen LogP contribution >= 0.6 is 0 Å². The summed E-state index contributed by atoms with van der Waals surface area (Å²) >= 11 is 0. The minimum Gasteiger partial charge on any atom is -0.453 e. The number of para-hydroxylation sites is 1. The highest BCUT2D eigenvalue weighted by atomic mass is 32.2. The molecule has 0 radical (unpaired) electrons. The van der Waals surface area contributed by atoms with Gasteiger partial charge in [0, 0.05) is 40.3 Å². The molecule has 0 aliphatic heterocycles. The van der Waals surface area contributed by atoms with E-state index < -0.39 is 22.1 Å². The van der Waals surface area contributed by atoms with E-state index in [1.54, 1.807) is 39.2 Å². The van der Waals surface area contributed by atoms with Crippen LogP contribution in [-0.4, -0.2) is 61.4 Å². The van der Waals surface area contributed by atoms with Gasteiger partial charge in [0.1, 0.15) is 5.82 Å². The molecule has 1 aromatic heterocycles. The molecule has 0 saturated carbocycles. The molecule has 0 spiro atoms. The predicted molar refractivity (Wildman–Crippen MR) is 125 cm³/mol. The van der Waals surface area contributed by atoms with Gasteiger partial charge in [0.25, 0.3) is 5.91 Å². The quantitative estimate of drug-likeness (QED) is 0.467. The molecule has 0 saturated heterocycles. The van der Waals surface area contributed by atoms with Crippen LogP contribution in [0.3, 0.4) is 0 Å². The van der Waals surface area contributed by atoms with Crippen LogP contribution < -0.4 is 4.90 Å². The summed E-state index contributed by atoms with van der Waals surface area (Å²) in [5.74, 6) is -0.228. The van der Waals surface area contributed by atoms with E-state index in [0.717, 1.165) is 9.82 Å². The van der Waals surface area contributed by atoms with Crippen LogP contribution in [-0.2, 0) is 37.8 Å². The Hall–Kier alpha value is -3.24. The van der Waals surface area contributed by atoms with Gasteiger partial charge >= 0.3 is 5.97 Å². The number of rotatable bonds is 8. The van der Waals surface area contributed by atoms with Gasteiger partial charge in [-0.3, -0.25) is 9.59 Å². The molecule has 1 heterocycles. The third-order valence-electron chi connectivity index (χ3n) is 5.41. The van der Waals surface area contributed by atoms with Gasteiger partial charge in [0.05, 0.1) is 22.3 Å². The first-order chi connectivity index (χ1) is 15.5. The highest BCUT2D eigenvalue weighted by Crippen LogP contribution is 2.22. The van der Waals surface area contributed by atoms with Crippen LogP contribution in [0, 0.1) is 0 Å². The second kappa shape index (κ2) is 9.72. The van der Waals surface area contributed by atoms with E-state index in [4.69, 9.17) is 4.74 Å². The average molecular weight is 473 g/mol. The molecular weight excluding hydrogens is 444 g/mol. The van der Waals surface area contributed by atoms with Crippen molar-refractivity contribution < 1.29 is 22.7 Å². The van der Waals surface area contributed by atoms with E-state index >= 15 is 0 Å². The number of carbonyl (C=O) groups is 2. The lowest BCUT2D eigenvalue weighted by atomic mass is 10.2. The Morgan fingerprint density at radius 3 is 2.39 bits per heavy atom. The number of imidazole rings is 1. The summed E-state index contributed by atoms with van der Waals surface area (Å²) < 4.78 is 33.0. The molecule has 10 heteroatoms. The number of anilines is 1. The van der Waals surface area contributed by atoms with E-state index in [1.807, 2.05) is 22.8 Å². The molecule has 0 N–H and O–H groups in total. The van der Waals surface area contributed by atoms with Crippen LogP contribution in [0.2, 0.25) is 0 Å². The average Bonchev–Trinajstić information content (AvgIpc) is 3.11. The molecule has 2 aromatic carbocycles. The molecule has 33 heavy (non-hydrogen) atoms. The number of sulfonamides is 1. The molecule has 176 valence electrons. The number of carbonyl (C=O) groups excluding carboxylic acids is 2. The van der Waals surface area contributed by atoms with Crippen molar-refractivity contribution in [1.82, 2.24) is 13.9 Å². The highest BCUT2D eigenvalue weighted by molar-refractivity contribution is 7.89. The topological polar surface area (TPSA) is 102 Å². The molecule has 0 aliphatic carbocycles. The summed E-state index contributed by atoms with van der Waals surface area (Å²) in [4.78, 5) is 31.0. The molecule has 3 rings (SSSR count). The number of hydrogen-bond donors (Lipinski definition) is 0. The maximum Gasteiger partial charge on any atom is 0.307 e. The Morgan fingerprint density at radius 1 is 1.09 bits per heavy atom. The predicted octanol–water partition coefficient (Wildman–Crippen LogP) is 2.35. The number of likely N-dealkylation sites (N-methyl/N-ethyl adjacent to an activating group) is 1. The number of aromatic nitrogens is 2. The van der Waals surface area contributed by atoms with E-state index in [0.29, 0.717) is 17.0 Å². The normalized spacial score (nSPS) is 12.7. The lowest BCUT2D eigenvalue weighted by Crippen LogP contribution is -2.37. The number of hydrogen-bond acceptors (Lipinski definition) is 6. The van der Waals surface area contributed by atoms with E-state index in [1.165, 1.54) is 31.1 Å². The number of amides is 1. The van der Waals surface area contributed by atoms with Crippen molar-refractivity contribution in [2.45, 2.75) is 30.8 Å². The number of fused-ring (bicyclic) bond motifs is 1. The number of aryl methyl sites for hydroxylation is 2. The zero-order valence-corrected chi connectivity index (χ0v) is 20.2. The van der Waals surface area contributed by atoms with Crippen LogP contribution in [0.1, 0.15) is 19.2 Å². The molecule has 0 fully saturated rings. The SMILES string of the molecule is CC(OC(=O)CCc1nc2cc(S(=O)(=O)N(C)C)ccc2n1C)C(=O)N(C)c1ccccc1. The molecular formula is C23H28N4O5S. The minimum absolute atomic E-state index is 0.0344. The standard InChI is InChI=1S/C23H28N4O5S/c1-16(23(29)26(4)17-9-7-6-8-10-17)32-22(28)14-13-21-24-19-15-18(33(30,31)25(2)3)11-12-20(19)27(21)5/h6-12,15-16H,13-14H2,1-5H3. The fraction of sp³-hybridized carbons (Fsp3) is 0.348. The third-order valence-corrected chi connectivity index (χ3v) is 7.22. The van der Waals surface area contributed by atoms with Crippen molar-refractivity contribution in [3.63, 3.8) is 0 Å². The maximum absolute atomic E-state index is 12.6. The van der Waals surface area contributed by atoms with Gasteiger partial charge < -0.3 is 14.2 Å².